The zero-order valence-corrected chi connectivity index (χ0v) is 10.6. The first-order valence-electron chi connectivity index (χ1n) is 6.15. The van der Waals surface area contributed by atoms with Crippen LogP contribution in [0.4, 0.5) is 0 Å². The number of amides is 1. The fourth-order valence-corrected chi connectivity index (χ4v) is 2.23. The van der Waals surface area contributed by atoms with Crippen LogP contribution in [0.3, 0.4) is 0 Å². The van der Waals surface area contributed by atoms with Gasteiger partial charge in [-0.3, -0.25) is 9.59 Å². The summed E-state index contributed by atoms with van der Waals surface area (Å²) in [5.41, 5.74) is -2.32. The summed E-state index contributed by atoms with van der Waals surface area (Å²) in [6.07, 6.45) is 2.63. The molecular weight excluding hydrogens is 238 g/mol. The number of aliphatic hydroxyl groups excluding tert-OH is 1. The minimum Gasteiger partial charge on any atom is -0.481 e. The molecule has 0 aromatic rings. The second kappa shape index (κ2) is 5.67. The van der Waals surface area contributed by atoms with Gasteiger partial charge in [0.25, 0.3) is 0 Å². The van der Waals surface area contributed by atoms with Crippen molar-refractivity contribution in [3.63, 3.8) is 0 Å². The molecule has 1 aliphatic carbocycles. The van der Waals surface area contributed by atoms with Gasteiger partial charge in [0, 0.05) is 13.0 Å². The van der Waals surface area contributed by atoms with E-state index in [0.717, 1.165) is 12.8 Å². The fourth-order valence-electron chi connectivity index (χ4n) is 2.23. The summed E-state index contributed by atoms with van der Waals surface area (Å²) >= 11 is 0. The smallest absolute Gasteiger partial charge is 0.310 e. The Labute approximate surface area is 106 Å². The first-order chi connectivity index (χ1) is 8.31. The van der Waals surface area contributed by atoms with E-state index in [0.29, 0.717) is 12.8 Å². The fraction of sp³-hybridized carbons (Fsp3) is 0.833. The highest BCUT2D eigenvalue weighted by atomic mass is 16.4. The molecule has 1 rings (SSSR count). The third-order valence-corrected chi connectivity index (χ3v) is 3.52. The Morgan fingerprint density at radius 2 is 1.89 bits per heavy atom. The van der Waals surface area contributed by atoms with Crippen molar-refractivity contribution in [1.29, 1.82) is 0 Å². The van der Waals surface area contributed by atoms with Crippen molar-refractivity contribution >= 4 is 11.9 Å². The lowest BCUT2D eigenvalue weighted by molar-refractivity contribution is -0.151. The van der Waals surface area contributed by atoms with Crippen molar-refractivity contribution in [2.45, 2.75) is 44.6 Å². The number of carbonyl (C=O) groups is 2. The Morgan fingerprint density at radius 3 is 2.33 bits per heavy atom. The molecule has 6 heteroatoms. The first-order valence-corrected chi connectivity index (χ1v) is 6.15. The van der Waals surface area contributed by atoms with Crippen LogP contribution in [0.25, 0.3) is 0 Å². The Hall–Kier alpha value is -1.14. The highest BCUT2D eigenvalue weighted by molar-refractivity contribution is 5.85. The number of aliphatic hydroxyl groups is 2. The van der Waals surface area contributed by atoms with Crippen LogP contribution < -0.4 is 5.32 Å². The molecule has 0 aromatic heterocycles. The van der Waals surface area contributed by atoms with Crippen LogP contribution >= 0.6 is 0 Å². The average molecular weight is 259 g/mol. The van der Waals surface area contributed by atoms with Crippen LogP contribution in [-0.2, 0) is 9.59 Å². The second-order valence-corrected chi connectivity index (χ2v) is 5.40. The van der Waals surface area contributed by atoms with E-state index in [9.17, 15) is 19.8 Å². The zero-order chi connectivity index (χ0) is 13.8. The number of carboxylic acid groups (broad SMARTS) is 1. The number of aliphatic carboxylic acids is 1. The minimum atomic E-state index is -1.37. The van der Waals surface area contributed by atoms with Crippen molar-refractivity contribution in [2.24, 2.45) is 5.41 Å². The van der Waals surface area contributed by atoms with E-state index in [4.69, 9.17) is 5.11 Å². The van der Waals surface area contributed by atoms with Gasteiger partial charge < -0.3 is 20.6 Å². The van der Waals surface area contributed by atoms with Gasteiger partial charge in [0.05, 0.1) is 12.0 Å². The summed E-state index contributed by atoms with van der Waals surface area (Å²) in [5, 5.41) is 30.0. The number of carboxylic acids is 1. The number of hydrogen-bond donors (Lipinski definition) is 4. The lowest BCUT2D eigenvalue weighted by Gasteiger charge is -2.25. The molecule has 0 spiro atoms. The van der Waals surface area contributed by atoms with Gasteiger partial charge in [-0.05, 0) is 19.8 Å². The van der Waals surface area contributed by atoms with Gasteiger partial charge in [-0.25, -0.2) is 0 Å². The van der Waals surface area contributed by atoms with Gasteiger partial charge in [-0.15, -0.1) is 0 Å². The van der Waals surface area contributed by atoms with Crippen molar-refractivity contribution in [1.82, 2.24) is 5.32 Å². The summed E-state index contributed by atoms with van der Waals surface area (Å²) in [4.78, 5) is 23.0. The highest BCUT2D eigenvalue weighted by Gasteiger charge is 2.43. The Kier molecular flexibility index (Phi) is 4.70. The summed E-state index contributed by atoms with van der Waals surface area (Å²) in [6, 6.07) is 0. The van der Waals surface area contributed by atoms with Gasteiger partial charge >= 0.3 is 5.97 Å². The van der Waals surface area contributed by atoms with Crippen molar-refractivity contribution in [2.75, 3.05) is 13.2 Å². The third-order valence-electron chi connectivity index (χ3n) is 3.52. The molecule has 18 heavy (non-hydrogen) atoms. The largest absolute Gasteiger partial charge is 0.481 e. The van der Waals surface area contributed by atoms with Gasteiger partial charge in [-0.2, -0.15) is 0 Å². The molecule has 1 fully saturated rings. The maximum Gasteiger partial charge on any atom is 0.310 e. The molecule has 6 nitrogen and oxygen atoms in total. The highest BCUT2D eigenvalue weighted by Crippen LogP contribution is 2.41. The second-order valence-electron chi connectivity index (χ2n) is 5.40. The molecule has 1 atom stereocenters. The normalized spacial score (nSPS) is 21.3. The molecule has 0 aromatic carbocycles. The molecule has 0 radical (unpaired) electrons. The van der Waals surface area contributed by atoms with E-state index in [1.54, 1.807) is 0 Å². The van der Waals surface area contributed by atoms with Crippen LogP contribution in [0.5, 0.6) is 0 Å². The quantitative estimate of drug-likeness (QED) is 0.532. The molecule has 0 bridgehead atoms. The van der Waals surface area contributed by atoms with Crippen LogP contribution in [0.1, 0.15) is 39.0 Å². The molecule has 1 unspecified atom stereocenters. The molecule has 1 saturated carbocycles. The molecule has 1 aliphatic rings. The number of nitrogens with one attached hydrogen (secondary N) is 1. The Bertz CT molecular complexity index is 320. The van der Waals surface area contributed by atoms with Gasteiger partial charge in [0.15, 0.2) is 0 Å². The number of carbonyl (C=O) groups excluding carboxylic acids is 1. The predicted octanol–water partition coefficient (Wildman–Crippen LogP) is -0.119. The lowest BCUT2D eigenvalue weighted by Crippen LogP contribution is -2.45. The maximum atomic E-state index is 11.7. The topological polar surface area (TPSA) is 107 Å². The van der Waals surface area contributed by atoms with Crippen LogP contribution in [0, 0.1) is 5.41 Å². The predicted molar refractivity (Wildman–Crippen MR) is 63.9 cm³/mol. The molecule has 1 amide bonds. The van der Waals surface area contributed by atoms with Crippen LogP contribution in [0.15, 0.2) is 0 Å². The first kappa shape index (κ1) is 14.9. The minimum absolute atomic E-state index is 0.0656. The van der Waals surface area contributed by atoms with E-state index in [-0.39, 0.29) is 13.0 Å². The summed E-state index contributed by atoms with van der Waals surface area (Å²) in [5.74, 6) is -1.32. The molecular formula is C12H21NO5. The van der Waals surface area contributed by atoms with Gasteiger partial charge in [-0.1, -0.05) is 12.8 Å². The monoisotopic (exact) mass is 259 g/mol. The van der Waals surface area contributed by atoms with E-state index in [2.05, 4.69) is 5.32 Å². The summed E-state index contributed by atoms with van der Waals surface area (Å²) in [7, 11) is 0. The van der Waals surface area contributed by atoms with Crippen LogP contribution in [0.2, 0.25) is 0 Å². The standard InChI is InChI=1S/C12H21NO5/c1-11(18,8-14)7-13-9(15)6-12(10(16)17)4-2-3-5-12/h14,18H,2-8H2,1H3,(H,13,15)(H,16,17). The molecule has 0 saturated heterocycles. The van der Waals surface area contributed by atoms with Gasteiger partial charge in [0.2, 0.25) is 5.91 Å². The van der Waals surface area contributed by atoms with Crippen molar-refractivity contribution in [3.8, 4) is 0 Å². The SMILES string of the molecule is CC(O)(CO)CNC(=O)CC1(C(=O)O)CCCC1. The maximum absolute atomic E-state index is 11.7. The molecule has 104 valence electrons. The summed E-state index contributed by atoms with van der Waals surface area (Å²) < 4.78 is 0. The molecule has 0 heterocycles. The van der Waals surface area contributed by atoms with E-state index in [1.165, 1.54) is 6.92 Å². The zero-order valence-electron chi connectivity index (χ0n) is 10.6. The Morgan fingerprint density at radius 1 is 1.33 bits per heavy atom. The lowest BCUT2D eigenvalue weighted by atomic mass is 9.82. The third kappa shape index (κ3) is 3.68. The summed E-state index contributed by atoms with van der Waals surface area (Å²) in [6.45, 7) is 0.852. The average Bonchev–Trinajstić information content (AvgIpc) is 2.76. The number of rotatable bonds is 6. The van der Waals surface area contributed by atoms with E-state index in [1.807, 2.05) is 0 Å². The molecule has 4 N–H and O–H groups in total. The molecule has 0 aliphatic heterocycles. The van der Waals surface area contributed by atoms with Crippen molar-refractivity contribution < 1.29 is 24.9 Å². The van der Waals surface area contributed by atoms with Crippen LogP contribution in [-0.4, -0.2) is 45.9 Å². The number of hydrogen-bond acceptors (Lipinski definition) is 4. The van der Waals surface area contributed by atoms with E-state index >= 15 is 0 Å². The van der Waals surface area contributed by atoms with Gasteiger partial charge in [0.1, 0.15) is 5.60 Å². The van der Waals surface area contributed by atoms with Crippen molar-refractivity contribution in [3.05, 3.63) is 0 Å². The Balaban J connectivity index is 2.51. The van der Waals surface area contributed by atoms with E-state index < -0.39 is 29.5 Å².